The molecule has 0 fully saturated rings. The van der Waals surface area contributed by atoms with E-state index < -0.39 is 0 Å². The maximum absolute atomic E-state index is 12.4. The first-order valence-electron chi connectivity index (χ1n) is 6.47. The Morgan fingerprint density at radius 3 is 2.56 bits per heavy atom. The molecule has 1 unspecified atom stereocenters. The number of benzene rings is 1. The van der Waals surface area contributed by atoms with Crippen molar-refractivity contribution in [3.05, 3.63) is 35.4 Å². The first-order valence-corrected chi connectivity index (χ1v) is 6.47. The van der Waals surface area contributed by atoms with Crippen LogP contribution in [0, 0.1) is 0 Å². The van der Waals surface area contributed by atoms with Crippen LogP contribution in [0.25, 0.3) is 0 Å². The van der Waals surface area contributed by atoms with Crippen LogP contribution in [-0.4, -0.2) is 30.2 Å². The molecule has 3 nitrogen and oxygen atoms in total. The summed E-state index contributed by atoms with van der Waals surface area (Å²) >= 11 is 0. The van der Waals surface area contributed by atoms with Crippen molar-refractivity contribution in [1.82, 2.24) is 4.90 Å². The first kappa shape index (κ1) is 14.4. The molecule has 1 rings (SSSR count). The van der Waals surface area contributed by atoms with Crippen molar-refractivity contribution in [2.45, 2.75) is 39.2 Å². The third-order valence-corrected chi connectivity index (χ3v) is 3.28. The highest BCUT2D eigenvalue weighted by molar-refractivity contribution is 6.01. The Bertz CT molecular complexity index is 415. The lowest BCUT2D eigenvalue weighted by atomic mass is 10.0. The van der Waals surface area contributed by atoms with Crippen molar-refractivity contribution in [3.63, 3.8) is 0 Å². The second-order valence-corrected chi connectivity index (χ2v) is 4.47. The van der Waals surface area contributed by atoms with Gasteiger partial charge < -0.3 is 4.90 Å². The van der Waals surface area contributed by atoms with Gasteiger partial charge in [-0.3, -0.25) is 9.59 Å². The maximum Gasteiger partial charge on any atom is 0.254 e. The summed E-state index contributed by atoms with van der Waals surface area (Å²) in [6.07, 6.45) is 3.70. The lowest BCUT2D eigenvalue weighted by Gasteiger charge is -2.27. The van der Waals surface area contributed by atoms with Crippen LogP contribution in [-0.2, 0) is 0 Å². The zero-order chi connectivity index (χ0) is 13.5. The highest BCUT2D eigenvalue weighted by atomic mass is 16.2. The van der Waals surface area contributed by atoms with Gasteiger partial charge in [0.1, 0.15) is 0 Å². The molecular formula is C15H21NO2. The number of rotatable bonds is 6. The summed E-state index contributed by atoms with van der Waals surface area (Å²) in [4.78, 5) is 25.1. The summed E-state index contributed by atoms with van der Waals surface area (Å²) in [5, 5.41) is 0. The molecule has 0 aliphatic rings. The number of hydrogen-bond acceptors (Lipinski definition) is 2. The van der Waals surface area contributed by atoms with Gasteiger partial charge in [0.2, 0.25) is 0 Å². The van der Waals surface area contributed by atoms with Crippen LogP contribution >= 0.6 is 0 Å². The molecule has 98 valence electrons. The lowest BCUT2D eigenvalue weighted by molar-refractivity contribution is 0.0716. The fourth-order valence-electron chi connectivity index (χ4n) is 2.16. The van der Waals surface area contributed by atoms with E-state index in [9.17, 15) is 9.59 Å². The van der Waals surface area contributed by atoms with Crippen LogP contribution in [0.5, 0.6) is 0 Å². The minimum atomic E-state index is -0.0713. The van der Waals surface area contributed by atoms with E-state index in [-0.39, 0.29) is 11.9 Å². The van der Waals surface area contributed by atoms with Crippen LogP contribution in [0.15, 0.2) is 24.3 Å². The molecule has 3 heteroatoms. The van der Waals surface area contributed by atoms with Crippen LogP contribution in [0.4, 0.5) is 0 Å². The van der Waals surface area contributed by atoms with E-state index in [1.807, 2.05) is 7.05 Å². The number of carbonyl (C=O) groups excluding carboxylic acids is 2. The van der Waals surface area contributed by atoms with E-state index in [0.29, 0.717) is 11.1 Å². The van der Waals surface area contributed by atoms with Crippen molar-refractivity contribution in [3.8, 4) is 0 Å². The quantitative estimate of drug-likeness (QED) is 0.724. The zero-order valence-electron chi connectivity index (χ0n) is 11.3. The topological polar surface area (TPSA) is 37.4 Å². The van der Waals surface area contributed by atoms with Gasteiger partial charge in [-0.05, 0) is 18.9 Å². The molecule has 0 N–H and O–H groups in total. The summed E-state index contributed by atoms with van der Waals surface area (Å²) in [5.41, 5.74) is 0.949. The fourth-order valence-corrected chi connectivity index (χ4v) is 2.16. The SMILES string of the molecule is CCCC(CC)N(C)C(=O)c1ccccc1C=O. The normalized spacial score (nSPS) is 11.9. The van der Waals surface area contributed by atoms with E-state index in [4.69, 9.17) is 0 Å². The molecule has 1 aromatic carbocycles. The van der Waals surface area contributed by atoms with Gasteiger partial charge in [0, 0.05) is 18.7 Å². The van der Waals surface area contributed by atoms with Gasteiger partial charge in [0.15, 0.2) is 6.29 Å². The Hall–Kier alpha value is -1.64. The molecule has 1 aromatic rings. The van der Waals surface area contributed by atoms with E-state index in [0.717, 1.165) is 25.5 Å². The van der Waals surface area contributed by atoms with Crippen molar-refractivity contribution < 1.29 is 9.59 Å². The molecule has 0 aliphatic carbocycles. The summed E-state index contributed by atoms with van der Waals surface area (Å²) in [6, 6.07) is 7.18. The van der Waals surface area contributed by atoms with E-state index >= 15 is 0 Å². The molecular weight excluding hydrogens is 226 g/mol. The van der Waals surface area contributed by atoms with Gasteiger partial charge >= 0.3 is 0 Å². The standard InChI is InChI=1S/C15H21NO2/c1-4-8-13(5-2)16(3)15(18)14-10-7-6-9-12(14)11-17/h6-7,9-11,13H,4-5,8H2,1-3H3. The molecule has 0 heterocycles. The Kier molecular flexibility index (Phi) is 5.56. The minimum absolute atomic E-state index is 0.0713. The largest absolute Gasteiger partial charge is 0.339 e. The summed E-state index contributed by atoms with van der Waals surface area (Å²) in [6.45, 7) is 4.19. The number of carbonyl (C=O) groups is 2. The monoisotopic (exact) mass is 247 g/mol. The highest BCUT2D eigenvalue weighted by Gasteiger charge is 2.20. The Labute approximate surface area is 109 Å². The number of hydrogen-bond donors (Lipinski definition) is 0. The fraction of sp³-hybridized carbons (Fsp3) is 0.467. The average molecular weight is 247 g/mol. The predicted octanol–water partition coefficient (Wildman–Crippen LogP) is 3.15. The van der Waals surface area contributed by atoms with Crippen LogP contribution in [0.1, 0.15) is 53.8 Å². The van der Waals surface area contributed by atoms with Crippen molar-refractivity contribution >= 4 is 12.2 Å². The molecule has 0 saturated carbocycles. The van der Waals surface area contributed by atoms with Gasteiger partial charge in [0.25, 0.3) is 5.91 Å². The maximum atomic E-state index is 12.4. The second-order valence-electron chi connectivity index (χ2n) is 4.47. The summed E-state index contributed by atoms with van der Waals surface area (Å²) in [7, 11) is 1.81. The number of amides is 1. The Balaban J connectivity index is 2.95. The van der Waals surface area contributed by atoms with Crippen LogP contribution in [0.2, 0.25) is 0 Å². The average Bonchev–Trinajstić information content (AvgIpc) is 2.43. The molecule has 0 aliphatic heterocycles. The van der Waals surface area contributed by atoms with E-state index in [1.165, 1.54) is 0 Å². The summed E-state index contributed by atoms with van der Waals surface area (Å²) < 4.78 is 0. The van der Waals surface area contributed by atoms with Gasteiger partial charge in [-0.15, -0.1) is 0 Å². The molecule has 0 spiro atoms. The second kappa shape index (κ2) is 6.94. The summed E-state index contributed by atoms with van der Waals surface area (Å²) in [5.74, 6) is -0.0713. The molecule has 0 bridgehead atoms. The van der Waals surface area contributed by atoms with Crippen molar-refractivity contribution in [2.75, 3.05) is 7.05 Å². The Morgan fingerprint density at radius 2 is 2.00 bits per heavy atom. The minimum Gasteiger partial charge on any atom is -0.339 e. The molecule has 1 amide bonds. The van der Waals surface area contributed by atoms with Gasteiger partial charge in [-0.1, -0.05) is 38.5 Å². The predicted molar refractivity (Wildman–Crippen MR) is 72.9 cm³/mol. The van der Waals surface area contributed by atoms with Crippen molar-refractivity contribution in [2.24, 2.45) is 0 Å². The zero-order valence-corrected chi connectivity index (χ0v) is 11.3. The third-order valence-electron chi connectivity index (χ3n) is 3.28. The Morgan fingerprint density at radius 1 is 1.33 bits per heavy atom. The van der Waals surface area contributed by atoms with Gasteiger partial charge in [-0.2, -0.15) is 0 Å². The third kappa shape index (κ3) is 3.19. The number of aldehydes is 1. The van der Waals surface area contributed by atoms with E-state index in [1.54, 1.807) is 29.2 Å². The van der Waals surface area contributed by atoms with Gasteiger partial charge in [0.05, 0.1) is 5.56 Å². The molecule has 0 saturated heterocycles. The first-order chi connectivity index (χ1) is 8.65. The lowest BCUT2D eigenvalue weighted by Crippen LogP contribution is -2.37. The number of nitrogens with zero attached hydrogens (tertiary/aromatic N) is 1. The van der Waals surface area contributed by atoms with Crippen LogP contribution in [0.3, 0.4) is 0 Å². The van der Waals surface area contributed by atoms with Crippen molar-refractivity contribution in [1.29, 1.82) is 0 Å². The smallest absolute Gasteiger partial charge is 0.254 e. The van der Waals surface area contributed by atoms with E-state index in [2.05, 4.69) is 13.8 Å². The molecule has 0 radical (unpaired) electrons. The van der Waals surface area contributed by atoms with Gasteiger partial charge in [-0.25, -0.2) is 0 Å². The molecule has 18 heavy (non-hydrogen) atoms. The molecule has 0 aromatic heterocycles. The van der Waals surface area contributed by atoms with Crippen LogP contribution < -0.4 is 0 Å². The highest BCUT2D eigenvalue weighted by Crippen LogP contribution is 2.15. The molecule has 1 atom stereocenters.